The lowest BCUT2D eigenvalue weighted by molar-refractivity contribution is 0.0697. The number of hydrogen-bond acceptors (Lipinski definition) is 2. The molecule has 0 radical (unpaired) electrons. The zero-order valence-corrected chi connectivity index (χ0v) is 9.42. The van der Waals surface area contributed by atoms with Crippen molar-refractivity contribution in [3.8, 4) is 17.6 Å². The van der Waals surface area contributed by atoms with Crippen LogP contribution in [0.4, 0.5) is 0 Å². The van der Waals surface area contributed by atoms with Gasteiger partial charge in [-0.05, 0) is 42.5 Å². The summed E-state index contributed by atoms with van der Waals surface area (Å²) in [6.07, 6.45) is 0. The summed E-state index contributed by atoms with van der Waals surface area (Å²) in [6, 6.07) is 13.0. The van der Waals surface area contributed by atoms with Gasteiger partial charge in [-0.25, -0.2) is 4.79 Å². The predicted molar refractivity (Wildman–Crippen MR) is 67.5 cm³/mol. The van der Waals surface area contributed by atoms with Crippen LogP contribution in [0.2, 0.25) is 0 Å². The molecule has 3 nitrogen and oxygen atoms in total. The summed E-state index contributed by atoms with van der Waals surface area (Å²) in [5, 5.41) is 18.0. The topological polar surface area (TPSA) is 57.5 Å². The van der Waals surface area contributed by atoms with Crippen LogP contribution in [0.1, 0.15) is 21.5 Å². The lowest BCUT2D eigenvalue weighted by Crippen LogP contribution is -1.94. The van der Waals surface area contributed by atoms with Gasteiger partial charge in [-0.3, -0.25) is 0 Å². The molecule has 0 atom stereocenters. The Balaban J connectivity index is 2.22. The Morgan fingerprint density at radius 3 is 2.22 bits per heavy atom. The van der Waals surface area contributed by atoms with Crippen LogP contribution in [-0.4, -0.2) is 16.2 Å². The first-order valence-corrected chi connectivity index (χ1v) is 5.29. The third-order valence-electron chi connectivity index (χ3n) is 2.33. The van der Waals surface area contributed by atoms with Crippen LogP contribution in [-0.2, 0) is 0 Å². The second kappa shape index (κ2) is 5.07. The van der Waals surface area contributed by atoms with E-state index in [4.69, 9.17) is 5.11 Å². The number of aromatic carboxylic acids is 1. The van der Waals surface area contributed by atoms with Crippen molar-refractivity contribution in [2.45, 2.75) is 0 Å². The van der Waals surface area contributed by atoms with E-state index in [1.54, 1.807) is 36.4 Å². The summed E-state index contributed by atoms with van der Waals surface area (Å²) < 4.78 is 0. The van der Waals surface area contributed by atoms with Crippen LogP contribution in [0, 0.1) is 11.8 Å². The molecule has 3 heteroatoms. The smallest absolute Gasteiger partial charge is 0.335 e. The van der Waals surface area contributed by atoms with Crippen molar-refractivity contribution in [2.24, 2.45) is 0 Å². The van der Waals surface area contributed by atoms with Gasteiger partial charge in [0.2, 0.25) is 0 Å². The molecule has 88 valence electrons. The Morgan fingerprint density at radius 1 is 0.944 bits per heavy atom. The Bertz CT molecular complexity index is 631. The zero-order chi connectivity index (χ0) is 13.0. The summed E-state index contributed by atoms with van der Waals surface area (Å²) >= 11 is 0. The summed E-state index contributed by atoms with van der Waals surface area (Å²) in [4.78, 5) is 10.7. The third-order valence-corrected chi connectivity index (χ3v) is 2.33. The highest BCUT2D eigenvalue weighted by Crippen LogP contribution is 2.10. The van der Waals surface area contributed by atoms with Crippen LogP contribution >= 0.6 is 0 Å². The van der Waals surface area contributed by atoms with E-state index in [0.717, 1.165) is 5.56 Å². The number of rotatable bonds is 1. The predicted octanol–water partition coefficient (Wildman–Crippen LogP) is 2.49. The average Bonchev–Trinajstić information content (AvgIpc) is 2.37. The molecule has 0 fully saturated rings. The van der Waals surface area contributed by atoms with E-state index in [1.165, 1.54) is 12.1 Å². The second-order valence-electron chi connectivity index (χ2n) is 3.68. The highest BCUT2D eigenvalue weighted by molar-refractivity contribution is 5.87. The number of carbonyl (C=O) groups is 1. The minimum Gasteiger partial charge on any atom is -0.508 e. The maximum absolute atomic E-state index is 10.7. The van der Waals surface area contributed by atoms with Crippen molar-refractivity contribution in [3.63, 3.8) is 0 Å². The largest absolute Gasteiger partial charge is 0.508 e. The normalized spacial score (nSPS) is 9.33. The van der Waals surface area contributed by atoms with E-state index in [9.17, 15) is 9.90 Å². The molecule has 2 rings (SSSR count). The highest BCUT2D eigenvalue weighted by Gasteiger charge is 1.99. The van der Waals surface area contributed by atoms with Gasteiger partial charge >= 0.3 is 5.97 Å². The van der Waals surface area contributed by atoms with E-state index < -0.39 is 5.97 Å². The Kier molecular flexibility index (Phi) is 3.31. The molecule has 2 N–H and O–H groups in total. The molecule has 0 aromatic heterocycles. The Morgan fingerprint density at radius 2 is 1.61 bits per heavy atom. The third kappa shape index (κ3) is 2.89. The van der Waals surface area contributed by atoms with E-state index >= 15 is 0 Å². The van der Waals surface area contributed by atoms with Crippen molar-refractivity contribution >= 4 is 5.97 Å². The molecule has 0 aliphatic carbocycles. The maximum atomic E-state index is 10.7. The number of carboxylic acids is 1. The fourth-order valence-corrected chi connectivity index (χ4v) is 1.42. The van der Waals surface area contributed by atoms with E-state index in [1.807, 2.05) is 0 Å². The molecule has 0 heterocycles. The number of hydrogen-bond donors (Lipinski definition) is 2. The quantitative estimate of drug-likeness (QED) is 0.750. The molecule has 0 aliphatic rings. The molecule has 0 amide bonds. The number of phenols is 1. The van der Waals surface area contributed by atoms with Gasteiger partial charge in [-0.2, -0.15) is 0 Å². The van der Waals surface area contributed by atoms with Crippen LogP contribution in [0.25, 0.3) is 0 Å². The molecular formula is C15H10O3. The Hall–Kier alpha value is -2.73. The molecule has 2 aromatic rings. The molecule has 0 bridgehead atoms. The minimum atomic E-state index is -0.956. The van der Waals surface area contributed by atoms with Gasteiger partial charge in [0, 0.05) is 11.1 Å². The number of phenolic OH excluding ortho intramolecular Hbond substituents is 1. The van der Waals surface area contributed by atoms with E-state index in [-0.39, 0.29) is 11.3 Å². The molecule has 0 unspecified atom stereocenters. The number of carboxylic acid groups (broad SMARTS) is 1. The van der Waals surface area contributed by atoms with Gasteiger partial charge in [0.05, 0.1) is 5.56 Å². The molecule has 0 saturated heterocycles. The summed E-state index contributed by atoms with van der Waals surface area (Å²) in [6.45, 7) is 0. The first kappa shape index (κ1) is 11.7. The van der Waals surface area contributed by atoms with E-state index in [2.05, 4.69) is 11.8 Å². The van der Waals surface area contributed by atoms with Crippen LogP contribution < -0.4 is 0 Å². The first-order chi connectivity index (χ1) is 8.65. The number of aromatic hydroxyl groups is 1. The van der Waals surface area contributed by atoms with Crippen LogP contribution in [0.3, 0.4) is 0 Å². The maximum Gasteiger partial charge on any atom is 0.335 e. The summed E-state index contributed by atoms with van der Waals surface area (Å²) in [5.74, 6) is 5.01. The fraction of sp³-hybridized carbons (Fsp3) is 0. The minimum absolute atomic E-state index is 0.169. The van der Waals surface area contributed by atoms with Gasteiger partial charge < -0.3 is 10.2 Å². The second-order valence-corrected chi connectivity index (χ2v) is 3.68. The zero-order valence-electron chi connectivity index (χ0n) is 9.42. The van der Waals surface area contributed by atoms with Gasteiger partial charge in [-0.15, -0.1) is 0 Å². The molecule has 0 aliphatic heterocycles. The van der Waals surface area contributed by atoms with Gasteiger partial charge in [0.15, 0.2) is 0 Å². The fourth-order valence-electron chi connectivity index (χ4n) is 1.42. The standard InChI is InChI=1S/C15H10O3/c16-14-3-1-2-12(10-14)5-4-11-6-8-13(9-7-11)15(17)18/h1-3,6-10,16H,(H,17,18). The lowest BCUT2D eigenvalue weighted by Gasteiger charge is -1.94. The van der Waals surface area contributed by atoms with Crippen molar-refractivity contribution in [1.29, 1.82) is 0 Å². The van der Waals surface area contributed by atoms with Crippen LogP contribution in [0.15, 0.2) is 48.5 Å². The summed E-state index contributed by atoms with van der Waals surface area (Å²) in [7, 11) is 0. The monoisotopic (exact) mass is 238 g/mol. The van der Waals surface area contributed by atoms with Gasteiger partial charge in [0.25, 0.3) is 0 Å². The molecule has 0 spiro atoms. The molecular weight excluding hydrogens is 228 g/mol. The van der Waals surface area contributed by atoms with Crippen LogP contribution in [0.5, 0.6) is 5.75 Å². The SMILES string of the molecule is O=C(O)c1ccc(C#Cc2cccc(O)c2)cc1. The van der Waals surface area contributed by atoms with Gasteiger partial charge in [0.1, 0.15) is 5.75 Å². The van der Waals surface area contributed by atoms with Gasteiger partial charge in [-0.1, -0.05) is 17.9 Å². The summed E-state index contributed by atoms with van der Waals surface area (Å²) in [5.41, 5.74) is 1.67. The average molecular weight is 238 g/mol. The van der Waals surface area contributed by atoms with Crippen molar-refractivity contribution in [2.75, 3.05) is 0 Å². The Labute approximate surface area is 104 Å². The van der Waals surface area contributed by atoms with Crippen molar-refractivity contribution < 1.29 is 15.0 Å². The van der Waals surface area contributed by atoms with E-state index in [0.29, 0.717) is 5.56 Å². The van der Waals surface area contributed by atoms with Crippen molar-refractivity contribution in [1.82, 2.24) is 0 Å². The molecule has 2 aromatic carbocycles. The highest BCUT2D eigenvalue weighted by atomic mass is 16.4. The number of benzene rings is 2. The first-order valence-electron chi connectivity index (χ1n) is 5.29. The molecule has 18 heavy (non-hydrogen) atoms. The lowest BCUT2D eigenvalue weighted by atomic mass is 10.1. The molecule has 0 saturated carbocycles. The van der Waals surface area contributed by atoms with Crippen molar-refractivity contribution in [3.05, 3.63) is 65.2 Å².